The molecule has 0 unspecified atom stereocenters. The number of rotatable bonds is 5. The van der Waals surface area contributed by atoms with Gasteiger partial charge in [-0.05, 0) is 36.2 Å². The average Bonchev–Trinajstić information content (AvgIpc) is 2.41. The molecule has 0 aliphatic carbocycles. The van der Waals surface area contributed by atoms with Crippen molar-refractivity contribution in [3.63, 3.8) is 0 Å². The van der Waals surface area contributed by atoms with Crippen molar-refractivity contribution in [3.05, 3.63) is 58.7 Å². The van der Waals surface area contributed by atoms with E-state index in [4.69, 9.17) is 11.6 Å². The number of nitrogens with zero attached hydrogens (tertiary/aromatic N) is 1. The molecule has 0 fully saturated rings. The van der Waals surface area contributed by atoms with Crippen LogP contribution in [0, 0.1) is 6.92 Å². The summed E-state index contributed by atoms with van der Waals surface area (Å²) in [6.45, 7) is 1.92. The van der Waals surface area contributed by atoms with Crippen LogP contribution in [0.25, 0.3) is 0 Å². The maximum absolute atomic E-state index is 11.8. The molecule has 0 radical (unpaired) electrons. The zero-order chi connectivity index (χ0) is 14.4. The highest BCUT2D eigenvalue weighted by Crippen LogP contribution is 2.17. The molecule has 1 N–H and O–H groups in total. The molecule has 104 valence electrons. The Kier molecular flexibility index (Phi) is 5.44. The predicted molar refractivity (Wildman–Crippen MR) is 85.2 cm³/mol. The van der Waals surface area contributed by atoms with E-state index in [-0.39, 0.29) is 5.91 Å². The Hall–Kier alpha value is -1.52. The quantitative estimate of drug-likeness (QED) is 0.910. The molecule has 0 aliphatic rings. The second-order valence-corrected chi connectivity index (χ2v) is 5.76. The van der Waals surface area contributed by atoms with Crippen LogP contribution in [0.2, 0.25) is 5.02 Å². The summed E-state index contributed by atoms with van der Waals surface area (Å²) in [5, 5.41) is 3.53. The van der Waals surface area contributed by atoms with E-state index < -0.39 is 0 Å². The van der Waals surface area contributed by atoms with Crippen molar-refractivity contribution in [1.82, 2.24) is 4.98 Å². The van der Waals surface area contributed by atoms with Gasteiger partial charge in [0.15, 0.2) is 0 Å². The van der Waals surface area contributed by atoms with Gasteiger partial charge in [0.1, 0.15) is 5.82 Å². The Bertz CT molecular complexity index is 604. The van der Waals surface area contributed by atoms with Crippen LogP contribution in [0.4, 0.5) is 5.82 Å². The summed E-state index contributed by atoms with van der Waals surface area (Å²) in [5.41, 5.74) is 2.07. The maximum atomic E-state index is 11.8. The lowest BCUT2D eigenvalue weighted by atomic mass is 10.2. The van der Waals surface area contributed by atoms with Crippen LogP contribution in [0.3, 0.4) is 0 Å². The lowest BCUT2D eigenvalue weighted by Gasteiger charge is -2.06. The first kappa shape index (κ1) is 14.9. The van der Waals surface area contributed by atoms with Gasteiger partial charge in [-0.25, -0.2) is 4.98 Å². The molecule has 0 saturated carbocycles. The van der Waals surface area contributed by atoms with Crippen molar-refractivity contribution in [1.29, 1.82) is 0 Å². The number of aryl methyl sites for hydroxylation is 1. The minimum atomic E-state index is -0.0428. The summed E-state index contributed by atoms with van der Waals surface area (Å²) in [4.78, 5) is 16.0. The van der Waals surface area contributed by atoms with E-state index in [0.29, 0.717) is 11.6 Å². The van der Waals surface area contributed by atoms with Crippen LogP contribution < -0.4 is 5.32 Å². The van der Waals surface area contributed by atoms with E-state index in [9.17, 15) is 4.79 Å². The number of amides is 1. The molecule has 2 rings (SSSR count). The number of hydrogen-bond acceptors (Lipinski definition) is 3. The van der Waals surface area contributed by atoms with Gasteiger partial charge in [-0.1, -0.05) is 29.8 Å². The van der Waals surface area contributed by atoms with E-state index in [1.807, 2.05) is 43.3 Å². The normalized spacial score (nSPS) is 10.3. The summed E-state index contributed by atoms with van der Waals surface area (Å²) in [6, 6.07) is 11.4. The smallest absolute Gasteiger partial charge is 0.235 e. The Morgan fingerprint density at radius 2 is 2.20 bits per heavy atom. The van der Waals surface area contributed by atoms with Crippen molar-refractivity contribution in [2.75, 3.05) is 11.1 Å². The van der Waals surface area contributed by atoms with Gasteiger partial charge in [-0.3, -0.25) is 4.79 Å². The van der Waals surface area contributed by atoms with Gasteiger partial charge in [-0.2, -0.15) is 0 Å². The van der Waals surface area contributed by atoms with Gasteiger partial charge in [0.25, 0.3) is 0 Å². The first-order valence-corrected chi connectivity index (χ1v) is 7.72. The third-order valence-electron chi connectivity index (χ3n) is 2.66. The molecule has 1 aromatic heterocycles. The van der Waals surface area contributed by atoms with Crippen molar-refractivity contribution >= 4 is 35.1 Å². The molecule has 2 aromatic rings. The fourth-order valence-corrected chi connectivity index (χ4v) is 2.66. The van der Waals surface area contributed by atoms with Gasteiger partial charge in [-0.15, -0.1) is 11.8 Å². The number of anilines is 1. The number of hydrogen-bond donors (Lipinski definition) is 1. The second kappa shape index (κ2) is 7.31. The minimum Gasteiger partial charge on any atom is -0.310 e. The summed E-state index contributed by atoms with van der Waals surface area (Å²) in [7, 11) is 0. The Balaban J connectivity index is 1.80. The van der Waals surface area contributed by atoms with Crippen LogP contribution in [-0.2, 0) is 10.5 Å². The van der Waals surface area contributed by atoms with Crippen molar-refractivity contribution in [2.45, 2.75) is 12.7 Å². The zero-order valence-corrected chi connectivity index (χ0v) is 12.7. The summed E-state index contributed by atoms with van der Waals surface area (Å²) in [6.07, 6.45) is 1.67. The van der Waals surface area contributed by atoms with E-state index in [1.165, 1.54) is 0 Å². The average molecular weight is 307 g/mol. The number of carbonyl (C=O) groups excluding carboxylic acids is 1. The summed E-state index contributed by atoms with van der Waals surface area (Å²) >= 11 is 7.46. The number of aromatic nitrogens is 1. The number of carbonyl (C=O) groups is 1. The molecule has 20 heavy (non-hydrogen) atoms. The molecule has 3 nitrogen and oxygen atoms in total. The molecule has 1 heterocycles. The van der Waals surface area contributed by atoms with Gasteiger partial charge >= 0.3 is 0 Å². The molecule has 1 amide bonds. The third-order valence-corrected chi connectivity index (χ3v) is 3.90. The van der Waals surface area contributed by atoms with Crippen molar-refractivity contribution in [3.8, 4) is 0 Å². The first-order valence-electron chi connectivity index (χ1n) is 6.19. The second-order valence-electron chi connectivity index (χ2n) is 4.34. The molecule has 5 heteroatoms. The molecule has 0 atom stereocenters. The van der Waals surface area contributed by atoms with Crippen LogP contribution in [-0.4, -0.2) is 16.6 Å². The van der Waals surface area contributed by atoms with Crippen LogP contribution in [0.15, 0.2) is 42.6 Å². The highest BCUT2D eigenvalue weighted by atomic mass is 35.5. The van der Waals surface area contributed by atoms with Crippen molar-refractivity contribution in [2.24, 2.45) is 0 Å². The number of halogens is 1. The minimum absolute atomic E-state index is 0.0428. The maximum Gasteiger partial charge on any atom is 0.235 e. The van der Waals surface area contributed by atoms with Crippen LogP contribution in [0.1, 0.15) is 11.1 Å². The number of nitrogens with one attached hydrogen (secondary N) is 1. The van der Waals surface area contributed by atoms with Gasteiger partial charge < -0.3 is 5.32 Å². The summed E-state index contributed by atoms with van der Waals surface area (Å²) < 4.78 is 0. The Morgan fingerprint density at radius 1 is 1.35 bits per heavy atom. The Labute approximate surface area is 127 Å². The number of thioether (sulfide) groups is 1. The van der Waals surface area contributed by atoms with Gasteiger partial charge in [0.05, 0.1) is 5.75 Å². The van der Waals surface area contributed by atoms with E-state index in [1.54, 1.807) is 18.0 Å². The number of pyridine rings is 1. The largest absolute Gasteiger partial charge is 0.310 e. The van der Waals surface area contributed by atoms with Gasteiger partial charge in [0, 0.05) is 17.0 Å². The van der Waals surface area contributed by atoms with Gasteiger partial charge in [0.2, 0.25) is 5.91 Å². The molecule has 0 bridgehead atoms. The first-order chi connectivity index (χ1) is 9.65. The molecular weight excluding hydrogens is 292 g/mol. The fourth-order valence-electron chi connectivity index (χ4n) is 1.67. The van der Waals surface area contributed by atoms with Crippen LogP contribution >= 0.6 is 23.4 Å². The van der Waals surface area contributed by atoms with E-state index in [2.05, 4.69) is 10.3 Å². The predicted octanol–water partition coefficient (Wildman–Crippen LogP) is 3.92. The lowest BCUT2D eigenvalue weighted by Crippen LogP contribution is -2.15. The number of benzene rings is 1. The summed E-state index contributed by atoms with van der Waals surface area (Å²) in [5.74, 6) is 1.73. The lowest BCUT2D eigenvalue weighted by molar-refractivity contribution is -0.113. The fraction of sp³-hybridized carbons (Fsp3) is 0.200. The molecule has 0 saturated heterocycles. The third kappa shape index (κ3) is 4.54. The molecule has 0 aliphatic heterocycles. The Morgan fingerprint density at radius 3 is 2.95 bits per heavy atom. The molecular formula is C15H15ClN2OS. The zero-order valence-electron chi connectivity index (χ0n) is 11.1. The van der Waals surface area contributed by atoms with E-state index >= 15 is 0 Å². The monoisotopic (exact) mass is 306 g/mol. The van der Waals surface area contributed by atoms with Crippen LogP contribution in [0.5, 0.6) is 0 Å². The standard InChI is InChI=1S/C15H15ClN2OS/c1-11-4-3-7-17-15(11)18-14(19)10-20-9-12-5-2-6-13(16)8-12/h2-8H,9-10H2,1H3,(H,17,18,19). The highest BCUT2D eigenvalue weighted by Gasteiger charge is 2.05. The van der Waals surface area contributed by atoms with E-state index in [0.717, 1.165) is 21.9 Å². The van der Waals surface area contributed by atoms with Crippen molar-refractivity contribution < 1.29 is 4.79 Å². The topological polar surface area (TPSA) is 42.0 Å². The molecule has 0 spiro atoms. The highest BCUT2D eigenvalue weighted by molar-refractivity contribution is 7.99. The molecule has 1 aromatic carbocycles. The SMILES string of the molecule is Cc1cccnc1NC(=O)CSCc1cccc(Cl)c1.